The van der Waals surface area contributed by atoms with Gasteiger partial charge in [-0.3, -0.25) is 4.79 Å². The van der Waals surface area contributed by atoms with E-state index in [1.807, 2.05) is 6.07 Å². The SMILES string of the molecule is Cc1ccc(C(C)(O)CNC(=O)c2cc3cccc(Cl)c3o2)o1. The number of para-hydroxylation sites is 1. The van der Waals surface area contributed by atoms with E-state index < -0.39 is 11.5 Å². The molecular formula is C17H16ClNO4. The minimum Gasteiger partial charge on any atom is -0.463 e. The van der Waals surface area contributed by atoms with Crippen LogP contribution in [0.1, 0.15) is 29.0 Å². The Hall–Kier alpha value is -2.24. The third-order valence-electron chi connectivity index (χ3n) is 3.58. The van der Waals surface area contributed by atoms with Gasteiger partial charge in [0.05, 0.1) is 11.6 Å². The van der Waals surface area contributed by atoms with Gasteiger partial charge in [0.25, 0.3) is 5.91 Å². The molecule has 0 radical (unpaired) electrons. The van der Waals surface area contributed by atoms with Gasteiger partial charge in [-0.2, -0.15) is 0 Å². The van der Waals surface area contributed by atoms with Gasteiger partial charge in [0, 0.05) is 5.39 Å². The lowest BCUT2D eigenvalue weighted by atomic mass is 10.0. The van der Waals surface area contributed by atoms with Crippen molar-refractivity contribution in [1.82, 2.24) is 5.32 Å². The van der Waals surface area contributed by atoms with E-state index in [0.717, 1.165) is 5.39 Å². The lowest BCUT2D eigenvalue weighted by Gasteiger charge is -2.20. The third kappa shape index (κ3) is 3.11. The Labute approximate surface area is 137 Å². The highest BCUT2D eigenvalue weighted by molar-refractivity contribution is 6.34. The maximum Gasteiger partial charge on any atom is 0.287 e. The number of halogens is 1. The summed E-state index contributed by atoms with van der Waals surface area (Å²) < 4.78 is 10.9. The van der Waals surface area contributed by atoms with E-state index in [4.69, 9.17) is 20.4 Å². The first-order valence-electron chi connectivity index (χ1n) is 7.12. The van der Waals surface area contributed by atoms with Crippen molar-refractivity contribution in [2.45, 2.75) is 19.4 Å². The van der Waals surface area contributed by atoms with E-state index in [9.17, 15) is 9.90 Å². The maximum absolute atomic E-state index is 12.2. The topological polar surface area (TPSA) is 75.6 Å². The molecule has 0 fully saturated rings. The lowest BCUT2D eigenvalue weighted by Crippen LogP contribution is -2.38. The third-order valence-corrected chi connectivity index (χ3v) is 3.88. The number of rotatable bonds is 4. The van der Waals surface area contributed by atoms with Crippen LogP contribution in [0.3, 0.4) is 0 Å². The molecule has 1 atom stereocenters. The number of aryl methyl sites for hydroxylation is 1. The van der Waals surface area contributed by atoms with Gasteiger partial charge in [0.1, 0.15) is 17.1 Å². The van der Waals surface area contributed by atoms with Crippen LogP contribution in [0, 0.1) is 6.92 Å². The maximum atomic E-state index is 12.2. The first-order valence-corrected chi connectivity index (χ1v) is 7.50. The number of carbonyl (C=O) groups is 1. The second-order valence-electron chi connectivity index (χ2n) is 5.64. The predicted molar refractivity (Wildman–Crippen MR) is 86.6 cm³/mol. The number of fused-ring (bicyclic) bond motifs is 1. The molecule has 0 saturated carbocycles. The van der Waals surface area contributed by atoms with Gasteiger partial charge in [0.2, 0.25) is 0 Å². The molecule has 2 aromatic heterocycles. The molecule has 1 unspecified atom stereocenters. The molecule has 0 aliphatic heterocycles. The molecule has 0 bridgehead atoms. The molecule has 3 aromatic rings. The van der Waals surface area contributed by atoms with E-state index in [-0.39, 0.29) is 12.3 Å². The summed E-state index contributed by atoms with van der Waals surface area (Å²) in [4.78, 5) is 12.2. The number of carbonyl (C=O) groups excluding carboxylic acids is 1. The van der Waals surface area contributed by atoms with Gasteiger partial charge in [-0.25, -0.2) is 0 Å². The van der Waals surface area contributed by atoms with Crippen molar-refractivity contribution in [3.05, 3.63) is 58.7 Å². The van der Waals surface area contributed by atoms with E-state index in [0.29, 0.717) is 22.1 Å². The summed E-state index contributed by atoms with van der Waals surface area (Å²) in [5, 5.41) is 14.3. The molecule has 2 heterocycles. The van der Waals surface area contributed by atoms with E-state index in [1.165, 1.54) is 0 Å². The zero-order valence-electron chi connectivity index (χ0n) is 12.7. The smallest absolute Gasteiger partial charge is 0.287 e. The highest BCUT2D eigenvalue weighted by Crippen LogP contribution is 2.27. The van der Waals surface area contributed by atoms with Crippen LogP contribution in [-0.2, 0) is 5.60 Å². The Kier molecular flexibility index (Phi) is 3.92. The normalized spacial score (nSPS) is 13.9. The number of hydrogen-bond acceptors (Lipinski definition) is 4. The van der Waals surface area contributed by atoms with E-state index in [1.54, 1.807) is 44.2 Å². The summed E-state index contributed by atoms with van der Waals surface area (Å²) in [7, 11) is 0. The van der Waals surface area contributed by atoms with Crippen molar-refractivity contribution in [3.8, 4) is 0 Å². The quantitative estimate of drug-likeness (QED) is 0.764. The van der Waals surface area contributed by atoms with Crippen molar-refractivity contribution in [1.29, 1.82) is 0 Å². The molecule has 0 aliphatic rings. The van der Waals surface area contributed by atoms with Gasteiger partial charge in [-0.15, -0.1) is 0 Å². The van der Waals surface area contributed by atoms with Crippen LogP contribution in [0.25, 0.3) is 11.0 Å². The second kappa shape index (κ2) is 5.76. The molecule has 120 valence electrons. The van der Waals surface area contributed by atoms with Crippen LogP contribution in [0.15, 0.2) is 45.2 Å². The first kappa shape index (κ1) is 15.6. The largest absolute Gasteiger partial charge is 0.463 e. The Balaban J connectivity index is 1.74. The average Bonchev–Trinajstić information content (AvgIpc) is 3.12. The summed E-state index contributed by atoms with van der Waals surface area (Å²) in [5.74, 6) is 0.793. The van der Waals surface area contributed by atoms with Crippen molar-refractivity contribution in [3.63, 3.8) is 0 Å². The van der Waals surface area contributed by atoms with Crippen molar-refractivity contribution in [2.75, 3.05) is 6.54 Å². The standard InChI is InChI=1S/C17H16ClNO4/c1-10-6-7-14(22-10)17(2,21)9-19-16(20)13-8-11-4-3-5-12(18)15(11)23-13/h3-8,21H,9H2,1-2H3,(H,19,20). The van der Waals surface area contributed by atoms with Gasteiger partial charge >= 0.3 is 0 Å². The lowest BCUT2D eigenvalue weighted by molar-refractivity contribution is 0.0319. The minimum atomic E-state index is -1.31. The summed E-state index contributed by atoms with van der Waals surface area (Å²) in [6.07, 6.45) is 0. The Bertz CT molecular complexity index is 862. The summed E-state index contributed by atoms with van der Waals surface area (Å²) in [6, 6.07) is 10.3. The second-order valence-corrected chi connectivity index (χ2v) is 6.04. The van der Waals surface area contributed by atoms with E-state index >= 15 is 0 Å². The minimum absolute atomic E-state index is 0.0104. The number of benzene rings is 1. The molecule has 2 N–H and O–H groups in total. The molecule has 0 aliphatic carbocycles. The fraction of sp³-hybridized carbons (Fsp3) is 0.235. The van der Waals surface area contributed by atoms with Gasteiger partial charge in [-0.05, 0) is 38.1 Å². The average molecular weight is 334 g/mol. The molecule has 1 amide bonds. The van der Waals surface area contributed by atoms with Crippen LogP contribution in [0.5, 0.6) is 0 Å². The van der Waals surface area contributed by atoms with E-state index in [2.05, 4.69) is 5.32 Å². The van der Waals surface area contributed by atoms with Crippen LogP contribution < -0.4 is 5.32 Å². The fourth-order valence-corrected chi connectivity index (χ4v) is 2.51. The molecule has 6 heteroatoms. The molecular weight excluding hydrogens is 318 g/mol. The molecule has 0 spiro atoms. The van der Waals surface area contributed by atoms with Crippen molar-refractivity contribution < 1.29 is 18.7 Å². The number of furan rings is 2. The Morgan fingerprint density at radius 1 is 1.30 bits per heavy atom. The van der Waals surface area contributed by atoms with Gasteiger partial charge in [0.15, 0.2) is 11.3 Å². The van der Waals surface area contributed by atoms with Gasteiger partial charge in [-0.1, -0.05) is 23.7 Å². The number of amides is 1. The zero-order valence-corrected chi connectivity index (χ0v) is 13.5. The highest BCUT2D eigenvalue weighted by Gasteiger charge is 2.28. The summed E-state index contributed by atoms with van der Waals surface area (Å²) in [5.41, 5.74) is -0.846. The van der Waals surface area contributed by atoms with Crippen LogP contribution in [-0.4, -0.2) is 17.6 Å². The highest BCUT2D eigenvalue weighted by atomic mass is 35.5. The molecule has 23 heavy (non-hydrogen) atoms. The first-order chi connectivity index (χ1) is 10.9. The monoisotopic (exact) mass is 333 g/mol. The van der Waals surface area contributed by atoms with Crippen LogP contribution in [0.4, 0.5) is 0 Å². The molecule has 5 nitrogen and oxygen atoms in total. The van der Waals surface area contributed by atoms with Crippen LogP contribution in [0.2, 0.25) is 5.02 Å². The number of nitrogens with one attached hydrogen (secondary N) is 1. The van der Waals surface area contributed by atoms with Gasteiger partial charge < -0.3 is 19.3 Å². The Morgan fingerprint density at radius 3 is 2.74 bits per heavy atom. The fourth-order valence-electron chi connectivity index (χ4n) is 2.29. The summed E-state index contributed by atoms with van der Waals surface area (Å²) >= 11 is 6.03. The number of aliphatic hydroxyl groups is 1. The summed E-state index contributed by atoms with van der Waals surface area (Å²) in [6.45, 7) is 3.35. The Morgan fingerprint density at radius 2 is 2.09 bits per heavy atom. The van der Waals surface area contributed by atoms with Crippen molar-refractivity contribution in [2.24, 2.45) is 0 Å². The predicted octanol–water partition coefficient (Wildman–Crippen LogP) is 3.63. The van der Waals surface area contributed by atoms with Crippen LogP contribution >= 0.6 is 11.6 Å². The zero-order chi connectivity index (χ0) is 16.6. The van der Waals surface area contributed by atoms with Crippen molar-refractivity contribution >= 4 is 28.5 Å². The number of hydrogen-bond donors (Lipinski definition) is 2. The molecule has 0 saturated heterocycles. The molecule has 1 aromatic carbocycles. The molecule has 3 rings (SSSR count).